The summed E-state index contributed by atoms with van der Waals surface area (Å²) in [5, 5.41) is 7.95. The zero-order valence-corrected chi connectivity index (χ0v) is 11.4. The highest BCUT2D eigenvalue weighted by Gasteiger charge is 2.11. The Morgan fingerprint density at radius 3 is 2.63 bits per heavy atom. The van der Waals surface area contributed by atoms with Crippen LogP contribution in [0.3, 0.4) is 0 Å². The van der Waals surface area contributed by atoms with Gasteiger partial charge in [-0.05, 0) is 30.7 Å². The highest BCUT2D eigenvalue weighted by molar-refractivity contribution is 7.89. The van der Waals surface area contributed by atoms with Gasteiger partial charge in [-0.25, -0.2) is 13.6 Å². The van der Waals surface area contributed by atoms with Crippen LogP contribution in [0.2, 0.25) is 0 Å². The minimum Gasteiger partial charge on any atom is -0.486 e. The topological polar surface area (TPSA) is 90.7 Å². The van der Waals surface area contributed by atoms with Gasteiger partial charge in [-0.3, -0.25) is 0 Å². The lowest BCUT2D eigenvalue weighted by Gasteiger charge is -2.18. The number of primary sulfonamides is 1. The van der Waals surface area contributed by atoms with Crippen LogP contribution in [-0.4, -0.2) is 40.5 Å². The first kappa shape index (κ1) is 14.1. The number of benzene rings is 1. The smallest absolute Gasteiger partial charge is 0.210 e. The molecule has 3 N–H and O–H groups in total. The average molecular weight is 286 g/mol. The third-order valence-corrected chi connectivity index (χ3v) is 3.53. The largest absolute Gasteiger partial charge is 0.486 e. The van der Waals surface area contributed by atoms with Crippen molar-refractivity contribution >= 4 is 10.0 Å². The molecule has 1 aromatic carbocycles. The Kier molecular flexibility index (Phi) is 4.62. The molecular formula is C12H18N2O4S. The van der Waals surface area contributed by atoms with E-state index in [4.69, 9.17) is 14.6 Å². The molecule has 1 aromatic rings. The Hall–Kier alpha value is -1.31. The van der Waals surface area contributed by atoms with Crippen LogP contribution < -0.4 is 19.9 Å². The Balaban J connectivity index is 1.77. The molecule has 1 aliphatic heterocycles. The average Bonchev–Trinajstić information content (AvgIpc) is 2.37. The quantitative estimate of drug-likeness (QED) is 0.711. The van der Waals surface area contributed by atoms with Crippen LogP contribution in [0.4, 0.5) is 0 Å². The van der Waals surface area contributed by atoms with Crippen LogP contribution in [0.1, 0.15) is 5.56 Å². The third kappa shape index (κ3) is 4.70. The summed E-state index contributed by atoms with van der Waals surface area (Å²) >= 11 is 0. The Labute approximate surface area is 112 Å². The minimum atomic E-state index is -3.38. The van der Waals surface area contributed by atoms with Gasteiger partial charge in [0.25, 0.3) is 0 Å². The van der Waals surface area contributed by atoms with E-state index >= 15 is 0 Å². The summed E-state index contributed by atoms with van der Waals surface area (Å²) in [6, 6.07) is 5.83. The second-order valence-corrected chi connectivity index (χ2v) is 6.08. The van der Waals surface area contributed by atoms with Gasteiger partial charge >= 0.3 is 0 Å². The lowest BCUT2D eigenvalue weighted by atomic mass is 10.1. The zero-order chi connectivity index (χ0) is 13.7. The summed E-state index contributed by atoms with van der Waals surface area (Å²) in [6.45, 7) is 2.21. The van der Waals surface area contributed by atoms with Crippen LogP contribution in [0.5, 0.6) is 11.5 Å². The van der Waals surface area contributed by atoms with E-state index in [9.17, 15) is 8.42 Å². The second kappa shape index (κ2) is 6.23. The van der Waals surface area contributed by atoms with Crippen LogP contribution >= 0.6 is 0 Å². The molecule has 0 bridgehead atoms. The van der Waals surface area contributed by atoms with Crippen LogP contribution in [0.15, 0.2) is 18.2 Å². The van der Waals surface area contributed by atoms with Gasteiger partial charge in [0, 0.05) is 6.54 Å². The van der Waals surface area contributed by atoms with Gasteiger partial charge in [-0.15, -0.1) is 0 Å². The molecule has 0 saturated heterocycles. The fourth-order valence-corrected chi connectivity index (χ4v) is 2.24. The summed E-state index contributed by atoms with van der Waals surface area (Å²) in [5.74, 6) is 1.50. The number of fused-ring (bicyclic) bond motifs is 1. The van der Waals surface area contributed by atoms with Gasteiger partial charge in [0.2, 0.25) is 10.0 Å². The molecule has 0 fully saturated rings. The SMILES string of the molecule is NS(=O)(=O)CCNCCc1ccc2c(c1)OCCO2. The van der Waals surface area contributed by atoms with Gasteiger partial charge < -0.3 is 14.8 Å². The van der Waals surface area contributed by atoms with E-state index in [2.05, 4.69) is 5.32 Å². The molecule has 0 unspecified atom stereocenters. The first-order chi connectivity index (χ1) is 9.04. The molecular weight excluding hydrogens is 268 g/mol. The second-order valence-electron chi connectivity index (χ2n) is 4.34. The van der Waals surface area contributed by atoms with Crippen molar-refractivity contribution in [2.45, 2.75) is 6.42 Å². The summed E-state index contributed by atoms with van der Waals surface area (Å²) in [5.41, 5.74) is 1.12. The van der Waals surface area contributed by atoms with E-state index in [-0.39, 0.29) is 5.75 Å². The van der Waals surface area contributed by atoms with Gasteiger partial charge in [0.05, 0.1) is 5.75 Å². The van der Waals surface area contributed by atoms with E-state index in [1.165, 1.54) is 0 Å². The summed E-state index contributed by atoms with van der Waals surface area (Å²) < 4.78 is 32.4. The van der Waals surface area contributed by atoms with E-state index in [0.29, 0.717) is 26.3 Å². The Morgan fingerprint density at radius 2 is 1.89 bits per heavy atom. The number of hydrogen-bond donors (Lipinski definition) is 2. The first-order valence-corrected chi connectivity index (χ1v) is 7.86. The molecule has 1 heterocycles. The van der Waals surface area contributed by atoms with E-state index in [0.717, 1.165) is 23.5 Å². The number of rotatable bonds is 6. The lowest BCUT2D eigenvalue weighted by Crippen LogP contribution is -2.28. The molecule has 0 radical (unpaired) electrons. The third-order valence-electron chi connectivity index (χ3n) is 2.76. The van der Waals surface area contributed by atoms with E-state index < -0.39 is 10.0 Å². The van der Waals surface area contributed by atoms with Gasteiger partial charge in [0.15, 0.2) is 11.5 Å². The van der Waals surface area contributed by atoms with Crippen molar-refractivity contribution in [3.05, 3.63) is 23.8 Å². The number of nitrogens with two attached hydrogens (primary N) is 1. The normalized spacial score (nSPS) is 14.4. The molecule has 0 saturated carbocycles. The van der Waals surface area contributed by atoms with E-state index in [1.807, 2.05) is 18.2 Å². The minimum absolute atomic E-state index is 0.0475. The fourth-order valence-electron chi connectivity index (χ4n) is 1.82. The lowest BCUT2D eigenvalue weighted by molar-refractivity contribution is 0.171. The Bertz CT molecular complexity index is 531. The molecule has 0 aliphatic carbocycles. The Morgan fingerprint density at radius 1 is 1.16 bits per heavy atom. The van der Waals surface area contributed by atoms with Gasteiger partial charge in [0.1, 0.15) is 13.2 Å². The van der Waals surface area contributed by atoms with Crippen molar-refractivity contribution in [3.63, 3.8) is 0 Å². The molecule has 6 nitrogen and oxygen atoms in total. The molecule has 7 heteroatoms. The summed E-state index contributed by atoms with van der Waals surface area (Å²) in [6.07, 6.45) is 0.793. The maximum absolute atomic E-state index is 10.7. The number of hydrogen-bond acceptors (Lipinski definition) is 5. The van der Waals surface area contributed by atoms with Crippen molar-refractivity contribution in [2.24, 2.45) is 5.14 Å². The molecule has 19 heavy (non-hydrogen) atoms. The van der Waals surface area contributed by atoms with Crippen LogP contribution in [-0.2, 0) is 16.4 Å². The van der Waals surface area contributed by atoms with Crippen molar-refractivity contribution in [2.75, 3.05) is 32.1 Å². The monoisotopic (exact) mass is 286 g/mol. The van der Waals surface area contributed by atoms with Crippen LogP contribution in [0, 0.1) is 0 Å². The van der Waals surface area contributed by atoms with E-state index in [1.54, 1.807) is 0 Å². The number of ether oxygens (including phenoxy) is 2. The van der Waals surface area contributed by atoms with Crippen LogP contribution in [0.25, 0.3) is 0 Å². The predicted molar refractivity (Wildman–Crippen MR) is 72.0 cm³/mol. The number of nitrogens with one attached hydrogen (secondary N) is 1. The molecule has 0 atom stereocenters. The predicted octanol–water partition coefficient (Wildman–Crippen LogP) is -0.122. The summed E-state index contributed by atoms with van der Waals surface area (Å²) in [4.78, 5) is 0. The first-order valence-electron chi connectivity index (χ1n) is 6.14. The highest BCUT2D eigenvalue weighted by Crippen LogP contribution is 2.30. The van der Waals surface area contributed by atoms with Crippen molar-refractivity contribution < 1.29 is 17.9 Å². The van der Waals surface area contributed by atoms with Gasteiger partial charge in [-0.1, -0.05) is 6.07 Å². The van der Waals surface area contributed by atoms with Crippen molar-refractivity contribution in [3.8, 4) is 11.5 Å². The zero-order valence-electron chi connectivity index (χ0n) is 10.6. The molecule has 0 amide bonds. The molecule has 2 rings (SSSR count). The van der Waals surface area contributed by atoms with Gasteiger partial charge in [-0.2, -0.15) is 0 Å². The van der Waals surface area contributed by atoms with Crippen molar-refractivity contribution in [1.82, 2.24) is 5.32 Å². The number of sulfonamides is 1. The highest BCUT2D eigenvalue weighted by atomic mass is 32.2. The maximum Gasteiger partial charge on any atom is 0.210 e. The summed E-state index contributed by atoms with van der Waals surface area (Å²) in [7, 11) is -3.38. The molecule has 0 spiro atoms. The standard InChI is InChI=1S/C12H18N2O4S/c13-19(15,16)8-5-14-4-3-10-1-2-11-12(9-10)18-7-6-17-11/h1-2,9,14H,3-8H2,(H2,13,15,16). The maximum atomic E-state index is 10.7. The molecule has 1 aliphatic rings. The fraction of sp³-hybridized carbons (Fsp3) is 0.500. The molecule has 0 aromatic heterocycles. The van der Waals surface area contributed by atoms with Crippen molar-refractivity contribution in [1.29, 1.82) is 0 Å². The molecule has 106 valence electrons.